The van der Waals surface area contributed by atoms with E-state index in [1.165, 1.54) is 0 Å². The highest BCUT2D eigenvalue weighted by Gasteiger charge is 2.26. The number of primary amides is 1. The predicted molar refractivity (Wildman–Crippen MR) is 80.0 cm³/mol. The van der Waals surface area contributed by atoms with Gasteiger partial charge in [0, 0.05) is 13.1 Å². The summed E-state index contributed by atoms with van der Waals surface area (Å²) < 4.78 is 5.66. The number of likely N-dealkylation sites (tertiary alicyclic amines) is 1. The number of carbonyl (C=O) groups is 2. The number of rotatable bonds is 4. The van der Waals surface area contributed by atoms with E-state index >= 15 is 0 Å². The fourth-order valence-electron chi connectivity index (χ4n) is 2.50. The number of amides is 2. The quantitative estimate of drug-likeness (QED) is 0.919. The summed E-state index contributed by atoms with van der Waals surface area (Å²) in [6.45, 7) is 5.44. The Balaban J connectivity index is 2.02. The lowest BCUT2D eigenvalue weighted by atomic mass is 9.99. The molecular formula is C16H22N2O3. The van der Waals surface area contributed by atoms with Crippen molar-refractivity contribution in [3.8, 4) is 5.75 Å². The van der Waals surface area contributed by atoms with Crippen LogP contribution >= 0.6 is 0 Å². The Morgan fingerprint density at radius 1 is 1.29 bits per heavy atom. The summed E-state index contributed by atoms with van der Waals surface area (Å²) >= 11 is 0. The molecule has 5 nitrogen and oxygen atoms in total. The summed E-state index contributed by atoms with van der Waals surface area (Å²) in [5.41, 5.74) is 5.61. The van der Waals surface area contributed by atoms with Crippen LogP contribution in [-0.2, 0) is 4.79 Å². The van der Waals surface area contributed by atoms with Crippen LogP contribution in [0.15, 0.2) is 24.3 Å². The van der Waals surface area contributed by atoms with Crippen molar-refractivity contribution in [1.82, 2.24) is 4.90 Å². The Kier molecular flexibility index (Phi) is 4.83. The average Bonchev–Trinajstić information content (AvgIpc) is 2.47. The summed E-state index contributed by atoms with van der Waals surface area (Å²) in [5.74, 6) is 0.426. The Morgan fingerprint density at radius 2 is 1.90 bits per heavy atom. The van der Waals surface area contributed by atoms with E-state index in [1.54, 1.807) is 31.2 Å². The Hall–Kier alpha value is -2.04. The molecule has 1 fully saturated rings. The molecule has 0 saturated carbocycles. The van der Waals surface area contributed by atoms with Crippen LogP contribution in [0.3, 0.4) is 0 Å². The molecule has 1 aromatic carbocycles. The molecule has 1 aliphatic rings. The van der Waals surface area contributed by atoms with Crippen LogP contribution in [0.1, 0.15) is 37.0 Å². The second kappa shape index (κ2) is 6.61. The minimum absolute atomic E-state index is 0.0406. The van der Waals surface area contributed by atoms with Crippen LogP contribution in [-0.4, -0.2) is 35.9 Å². The van der Waals surface area contributed by atoms with Gasteiger partial charge in [0.05, 0.1) is 5.56 Å². The molecule has 1 aliphatic heterocycles. The fraction of sp³-hybridized carbons (Fsp3) is 0.500. The Morgan fingerprint density at radius 3 is 2.52 bits per heavy atom. The van der Waals surface area contributed by atoms with Gasteiger partial charge in [0.15, 0.2) is 6.10 Å². The number of para-hydroxylation sites is 1. The van der Waals surface area contributed by atoms with Gasteiger partial charge in [-0.25, -0.2) is 0 Å². The number of hydrogen-bond donors (Lipinski definition) is 1. The molecule has 21 heavy (non-hydrogen) atoms. The first kappa shape index (κ1) is 15.4. The lowest BCUT2D eigenvalue weighted by Crippen LogP contribution is -2.44. The van der Waals surface area contributed by atoms with Crippen molar-refractivity contribution < 1.29 is 14.3 Å². The van der Waals surface area contributed by atoms with Crippen molar-refractivity contribution in [2.45, 2.75) is 32.8 Å². The van der Waals surface area contributed by atoms with Crippen molar-refractivity contribution >= 4 is 11.8 Å². The van der Waals surface area contributed by atoms with E-state index in [-0.39, 0.29) is 5.91 Å². The second-order valence-corrected chi connectivity index (χ2v) is 5.63. The number of benzene rings is 1. The van der Waals surface area contributed by atoms with E-state index in [9.17, 15) is 9.59 Å². The molecule has 1 heterocycles. The summed E-state index contributed by atoms with van der Waals surface area (Å²) in [5, 5.41) is 0. The lowest BCUT2D eigenvalue weighted by molar-refractivity contribution is -0.139. The van der Waals surface area contributed by atoms with Crippen LogP contribution in [0, 0.1) is 5.92 Å². The molecule has 114 valence electrons. The van der Waals surface area contributed by atoms with Crippen molar-refractivity contribution in [3.63, 3.8) is 0 Å². The molecule has 0 aromatic heterocycles. The Bertz CT molecular complexity index is 522. The number of ether oxygens (including phenoxy) is 1. The van der Waals surface area contributed by atoms with Crippen LogP contribution in [0.4, 0.5) is 0 Å². The zero-order valence-electron chi connectivity index (χ0n) is 12.5. The van der Waals surface area contributed by atoms with Gasteiger partial charge in [-0.15, -0.1) is 0 Å². The highest BCUT2D eigenvalue weighted by atomic mass is 16.5. The standard InChI is InChI=1S/C16H22N2O3/c1-11-7-9-18(10-8-11)16(20)12(2)21-14-6-4-3-5-13(14)15(17)19/h3-6,11-12H,7-10H2,1-2H3,(H2,17,19). The maximum absolute atomic E-state index is 12.4. The van der Waals surface area contributed by atoms with Gasteiger partial charge in [0.25, 0.3) is 11.8 Å². The van der Waals surface area contributed by atoms with E-state index in [1.807, 2.05) is 4.90 Å². The zero-order valence-corrected chi connectivity index (χ0v) is 12.5. The van der Waals surface area contributed by atoms with E-state index in [2.05, 4.69) is 6.92 Å². The third-order valence-corrected chi connectivity index (χ3v) is 3.90. The molecule has 1 aromatic rings. The predicted octanol–water partition coefficient (Wildman–Crippen LogP) is 1.81. The second-order valence-electron chi connectivity index (χ2n) is 5.63. The largest absolute Gasteiger partial charge is 0.480 e. The number of nitrogens with zero attached hydrogens (tertiary/aromatic N) is 1. The van der Waals surface area contributed by atoms with Crippen LogP contribution < -0.4 is 10.5 Å². The average molecular weight is 290 g/mol. The zero-order chi connectivity index (χ0) is 15.4. The van der Waals surface area contributed by atoms with Crippen molar-refractivity contribution in [3.05, 3.63) is 29.8 Å². The van der Waals surface area contributed by atoms with Gasteiger partial charge >= 0.3 is 0 Å². The lowest BCUT2D eigenvalue weighted by Gasteiger charge is -2.32. The normalized spacial score (nSPS) is 17.3. The number of hydrogen-bond acceptors (Lipinski definition) is 3. The van der Waals surface area contributed by atoms with Gasteiger partial charge in [-0.05, 0) is 37.8 Å². The van der Waals surface area contributed by atoms with Gasteiger partial charge in [0.2, 0.25) is 0 Å². The molecule has 1 unspecified atom stereocenters. The first-order valence-electron chi connectivity index (χ1n) is 7.33. The van der Waals surface area contributed by atoms with Crippen LogP contribution in [0.2, 0.25) is 0 Å². The van der Waals surface area contributed by atoms with Crippen LogP contribution in [0.5, 0.6) is 5.75 Å². The van der Waals surface area contributed by atoms with Gasteiger partial charge < -0.3 is 15.4 Å². The molecule has 2 rings (SSSR count). The van der Waals surface area contributed by atoms with E-state index in [4.69, 9.17) is 10.5 Å². The Labute approximate surface area is 125 Å². The molecule has 1 saturated heterocycles. The maximum Gasteiger partial charge on any atom is 0.263 e. The smallest absolute Gasteiger partial charge is 0.263 e. The van der Waals surface area contributed by atoms with Gasteiger partial charge in [-0.3, -0.25) is 9.59 Å². The number of piperidine rings is 1. The molecule has 0 spiro atoms. The van der Waals surface area contributed by atoms with Gasteiger partial charge in [0.1, 0.15) is 5.75 Å². The van der Waals surface area contributed by atoms with E-state index in [0.717, 1.165) is 25.9 Å². The highest BCUT2D eigenvalue weighted by molar-refractivity contribution is 5.95. The monoisotopic (exact) mass is 290 g/mol. The molecule has 0 aliphatic carbocycles. The molecule has 0 bridgehead atoms. The van der Waals surface area contributed by atoms with Gasteiger partial charge in [-0.2, -0.15) is 0 Å². The summed E-state index contributed by atoms with van der Waals surface area (Å²) in [4.78, 5) is 25.6. The molecule has 1 atom stereocenters. The molecule has 2 N–H and O–H groups in total. The maximum atomic E-state index is 12.4. The van der Waals surface area contributed by atoms with Crippen LogP contribution in [0.25, 0.3) is 0 Å². The first-order valence-corrected chi connectivity index (χ1v) is 7.33. The van der Waals surface area contributed by atoms with Gasteiger partial charge in [-0.1, -0.05) is 19.1 Å². The van der Waals surface area contributed by atoms with Crippen molar-refractivity contribution in [2.24, 2.45) is 11.7 Å². The molecular weight excluding hydrogens is 268 g/mol. The fourth-order valence-corrected chi connectivity index (χ4v) is 2.50. The van der Waals surface area contributed by atoms with Crippen molar-refractivity contribution in [2.75, 3.05) is 13.1 Å². The van der Waals surface area contributed by atoms with E-state index < -0.39 is 12.0 Å². The summed E-state index contributed by atoms with van der Waals surface area (Å²) in [7, 11) is 0. The third kappa shape index (κ3) is 3.74. The van der Waals surface area contributed by atoms with E-state index in [0.29, 0.717) is 17.2 Å². The first-order chi connectivity index (χ1) is 9.99. The minimum Gasteiger partial charge on any atom is -0.480 e. The minimum atomic E-state index is -0.626. The number of carbonyl (C=O) groups excluding carboxylic acids is 2. The summed E-state index contributed by atoms with van der Waals surface area (Å²) in [6.07, 6.45) is 1.42. The SMILES string of the molecule is CC1CCN(C(=O)C(C)Oc2ccccc2C(N)=O)CC1. The molecule has 0 radical (unpaired) electrons. The molecule has 2 amide bonds. The molecule has 5 heteroatoms. The highest BCUT2D eigenvalue weighted by Crippen LogP contribution is 2.21. The third-order valence-electron chi connectivity index (χ3n) is 3.90. The topological polar surface area (TPSA) is 72.6 Å². The number of nitrogens with two attached hydrogens (primary N) is 1. The van der Waals surface area contributed by atoms with Crippen molar-refractivity contribution in [1.29, 1.82) is 0 Å². The summed E-state index contributed by atoms with van der Waals surface area (Å²) in [6, 6.07) is 6.71.